The lowest BCUT2D eigenvalue weighted by atomic mass is 9.98. The molecule has 0 spiro atoms. The molecule has 3 N–H and O–H groups in total. The number of nitrogens with one attached hydrogen (secondary N) is 1. The highest BCUT2D eigenvalue weighted by Crippen LogP contribution is 2.45. The van der Waals surface area contributed by atoms with E-state index in [1.54, 1.807) is 30.4 Å². The maximum atomic E-state index is 15.7. The molecule has 0 saturated carbocycles. The fourth-order valence-electron chi connectivity index (χ4n) is 5.07. The summed E-state index contributed by atoms with van der Waals surface area (Å²) in [5, 5.41) is 7.08. The third-order valence-electron chi connectivity index (χ3n) is 6.91. The summed E-state index contributed by atoms with van der Waals surface area (Å²) in [6.45, 7) is 13.2. The van der Waals surface area contributed by atoms with Crippen LogP contribution in [0, 0.1) is 11.6 Å². The Balaban J connectivity index is 2.00. The molecule has 2 aromatic carbocycles. The predicted octanol–water partition coefficient (Wildman–Crippen LogP) is 6.42. The van der Waals surface area contributed by atoms with Gasteiger partial charge in [0.15, 0.2) is 0 Å². The van der Waals surface area contributed by atoms with Crippen LogP contribution in [0.3, 0.4) is 0 Å². The van der Waals surface area contributed by atoms with Crippen LogP contribution in [0.2, 0.25) is 0 Å². The summed E-state index contributed by atoms with van der Waals surface area (Å²) in [7, 11) is 0. The van der Waals surface area contributed by atoms with E-state index >= 15 is 8.78 Å². The molecule has 4 rings (SSSR count). The zero-order chi connectivity index (χ0) is 28.9. The minimum atomic E-state index is -1.01. The molecule has 208 valence electrons. The van der Waals surface area contributed by atoms with Gasteiger partial charge in [0.2, 0.25) is 0 Å². The molecule has 1 aliphatic rings. The Morgan fingerprint density at radius 2 is 1.72 bits per heavy atom. The quantitative estimate of drug-likeness (QED) is 0.391. The van der Waals surface area contributed by atoms with E-state index in [9.17, 15) is 9.59 Å². The molecule has 0 saturated heterocycles. The number of primary amides is 1. The molecule has 10 heteroatoms. The van der Waals surface area contributed by atoms with Crippen molar-refractivity contribution < 1.29 is 23.1 Å². The van der Waals surface area contributed by atoms with Crippen molar-refractivity contribution in [3.63, 3.8) is 0 Å². The molecule has 3 aromatic rings. The van der Waals surface area contributed by atoms with Crippen molar-refractivity contribution in [2.24, 2.45) is 5.73 Å². The molecule has 0 radical (unpaired) electrons. The van der Waals surface area contributed by atoms with Gasteiger partial charge in [-0.3, -0.25) is 4.90 Å². The van der Waals surface area contributed by atoms with Crippen molar-refractivity contribution in [3.05, 3.63) is 64.4 Å². The van der Waals surface area contributed by atoms with Crippen molar-refractivity contribution in [3.8, 4) is 16.9 Å². The largest absolute Gasteiger partial charge is 0.444 e. The Kier molecular flexibility index (Phi) is 7.18. The Bertz CT molecular complexity index is 1430. The number of aromatic nitrogens is 2. The second kappa shape index (κ2) is 9.98. The summed E-state index contributed by atoms with van der Waals surface area (Å²) in [5.74, 6) is -1.63. The molecule has 0 unspecified atom stereocenters. The zero-order valence-electron chi connectivity index (χ0n) is 23.4. The SMILES string of the molecule is CCc1cccc(CC)c1-n1nc2c(c1-c1cc(F)c(NC(N)=O)cc1F)CN(C(=O)OC(C)(C)C)C2(C)C. The molecule has 2 heterocycles. The van der Waals surface area contributed by atoms with Gasteiger partial charge >= 0.3 is 12.1 Å². The van der Waals surface area contributed by atoms with Crippen LogP contribution in [0.15, 0.2) is 30.3 Å². The standard InChI is InChI=1S/C29H35F2N5O3/c1-8-16-11-10-12-17(9-2)23(16)36-24(18-13-21(31)22(14-20(18)30)33-26(32)37)19-15-35(27(38)39-28(3,4)5)29(6,7)25(19)34-36/h10-14H,8-9,15H2,1-7H3,(H3,32,33,37). The number of nitrogens with zero attached hydrogens (tertiary/aromatic N) is 3. The summed E-state index contributed by atoms with van der Waals surface area (Å²) in [4.78, 5) is 26.1. The Labute approximate surface area is 227 Å². The van der Waals surface area contributed by atoms with Crippen molar-refractivity contribution in [2.75, 3.05) is 5.32 Å². The first kappa shape index (κ1) is 28.1. The normalized spacial score (nSPS) is 14.3. The first-order valence-corrected chi connectivity index (χ1v) is 13.0. The topological polar surface area (TPSA) is 102 Å². The summed E-state index contributed by atoms with van der Waals surface area (Å²) in [6, 6.07) is 6.86. The van der Waals surface area contributed by atoms with Gasteiger partial charge in [-0.2, -0.15) is 5.10 Å². The number of carbonyl (C=O) groups is 2. The number of aryl methyl sites for hydroxylation is 2. The van der Waals surface area contributed by atoms with Gasteiger partial charge in [0.05, 0.1) is 34.8 Å². The summed E-state index contributed by atoms with van der Waals surface area (Å²) in [6.07, 6.45) is 0.858. The van der Waals surface area contributed by atoms with E-state index in [2.05, 4.69) is 5.32 Å². The number of ether oxygens (including phenoxy) is 1. The molecule has 1 aliphatic heterocycles. The van der Waals surface area contributed by atoms with Crippen molar-refractivity contribution in [2.45, 2.75) is 79.0 Å². The number of rotatable bonds is 5. The predicted molar refractivity (Wildman–Crippen MR) is 146 cm³/mol. The number of fused-ring (bicyclic) bond motifs is 1. The first-order chi connectivity index (χ1) is 18.2. The molecule has 8 nitrogen and oxygen atoms in total. The highest BCUT2D eigenvalue weighted by molar-refractivity contribution is 5.88. The van der Waals surface area contributed by atoms with Gasteiger partial charge in [-0.1, -0.05) is 32.0 Å². The number of nitrogens with two attached hydrogens (primary N) is 1. The van der Waals surface area contributed by atoms with Crippen LogP contribution in [0.5, 0.6) is 0 Å². The number of hydrogen-bond acceptors (Lipinski definition) is 4. The lowest BCUT2D eigenvalue weighted by molar-refractivity contribution is 0.00442. The van der Waals surface area contributed by atoms with Gasteiger partial charge in [0.1, 0.15) is 17.2 Å². The van der Waals surface area contributed by atoms with Gasteiger partial charge in [0, 0.05) is 17.2 Å². The van der Waals surface area contributed by atoms with Crippen LogP contribution in [-0.2, 0) is 29.7 Å². The second-order valence-corrected chi connectivity index (χ2v) is 11.1. The smallest absolute Gasteiger partial charge is 0.411 e. The monoisotopic (exact) mass is 539 g/mol. The van der Waals surface area contributed by atoms with Crippen LogP contribution in [0.4, 0.5) is 24.1 Å². The number of anilines is 1. The maximum absolute atomic E-state index is 15.7. The third kappa shape index (κ3) is 5.07. The highest BCUT2D eigenvalue weighted by atomic mass is 19.1. The molecule has 3 amide bonds. The number of halogens is 2. The number of urea groups is 1. The molecule has 0 aliphatic carbocycles. The van der Waals surface area contributed by atoms with Crippen LogP contribution in [0.1, 0.15) is 70.9 Å². The number of para-hydroxylation sites is 1. The lowest BCUT2D eigenvalue weighted by Crippen LogP contribution is -2.43. The van der Waals surface area contributed by atoms with E-state index in [-0.39, 0.29) is 17.8 Å². The van der Waals surface area contributed by atoms with Crippen molar-refractivity contribution in [1.82, 2.24) is 14.7 Å². The van der Waals surface area contributed by atoms with E-state index in [1.807, 2.05) is 45.9 Å². The number of hydrogen-bond donors (Lipinski definition) is 2. The van der Waals surface area contributed by atoms with Gasteiger partial charge in [0.25, 0.3) is 0 Å². The van der Waals surface area contributed by atoms with Crippen molar-refractivity contribution >= 4 is 17.8 Å². The van der Waals surface area contributed by atoms with Gasteiger partial charge in [-0.05, 0) is 64.7 Å². The zero-order valence-corrected chi connectivity index (χ0v) is 23.4. The van der Waals surface area contributed by atoms with Crippen molar-refractivity contribution in [1.29, 1.82) is 0 Å². The molecule has 1 aromatic heterocycles. The van der Waals surface area contributed by atoms with E-state index in [0.717, 1.165) is 28.9 Å². The minimum Gasteiger partial charge on any atom is -0.444 e. The summed E-state index contributed by atoms with van der Waals surface area (Å²) in [5.41, 5.74) is 7.37. The number of carbonyl (C=O) groups excluding carboxylic acids is 2. The molecule has 0 bridgehead atoms. The average molecular weight is 540 g/mol. The van der Waals surface area contributed by atoms with Crippen LogP contribution >= 0.6 is 0 Å². The van der Waals surface area contributed by atoms with E-state index in [0.29, 0.717) is 29.8 Å². The number of amides is 3. The van der Waals surface area contributed by atoms with Crippen LogP contribution in [0.25, 0.3) is 16.9 Å². The first-order valence-electron chi connectivity index (χ1n) is 13.0. The minimum absolute atomic E-state index is 0.0499. The fourth-order valence-corrected chi connectivity index (χ4v) is 5.07. The van der Waals surface area contributed by atoms with E-state index < -0.39 is 34.9 Å². The summed E-state index contributed by atoms with van der Waals surface area (Å²) < 4.78 is 38.2. The van der Waals surface area contributed by atoms with Gasteiger partial charge in [-0.15, -0.1) is 0 Å². The number of benzene rings is 2. The Morgan fingerprint density at radius 3 is 2.26 bits per heavy atom. The summed E-state index contributed by atoms with van der Waals surface area (Å²) >= 11 is 0. The Hall–Kier alpha value is -3.95. The van der Waals surface area contributed by atoms with E-state index in [1.165, 1.54) is 0 Å². The van der Waals surface area contributed by atoms with E-state index in [4.69, 9.17) is 15.6 Å². The van der Waals surface area contributed by atoms with Gasteiger partial charge < -0.3 is 15.8 Å². The molecular formula is C29H35F2N5O3. The molecule has 0 atom stereocenters. The average Bonchev–Trinajstić information content (AvgIpc) is 3.33. The molecule has 39 heavy (non-hydrogen) atoms. The third-order valence-corrected chi connectivity index (χ3v) is 6.91. The van der Waals surface area contributed by atoms with Crippen LogP contribution in [-0.4, -0.2) is 32.4 Å². The highest BCUT2D eigenvalue weighted by Gasteiger charge is 2.47. The lowest BCUT2D eigenvalue weighted by Gasteiger charge is -2.33. The van der Waals surface area contributed by atoms with Gasteiger partial charge in [-0.25, -0.2) is 23.1 Å². The second-order valence-electron chi connectivity index (χ2n) is 11.1. The maximum Gasteiger partial charge on any atom is 0.411 e. The fraction of sp³-hybridized carbons (Fsp3) is 0.414. The van der Waals surface area contributed by atoms with Crippen LogP contribution < -0.4 is 11.1 Å². The Morgan fingerprint density at radius 1 is 1.10 bits per heavy atom. The molecule has 0 fully saturated rings. The molecular weight excluding hydrogens is 504 g/mol.